The van der Waals surface area contributed by atoms with Crippen LogP contribution in [0, 0.1) is 12.8 Å². The molecular formula is C20H32N4O2. The molecule has 1 fully saturated rings. The van der Waals surface area contributed by atoms with Gasteiger partial charge < -0.3 is 20.3 Å². The third kappa shape index (κ3) is 5.38. The molecule has 6 nitrogen and oxygen atoms in total. The first-order valence-corrected chi connectivity index (χ1v) is 9.34. The molecule has 0 spiro atoms. The highest BCUT2D eigenvalue weighted by atomic mass is 16.5. The maximum atomic E-state index is 12.1. The van der Waals surface area contributed by atoms with Gasteiger partial charge in [-0.05, 0) is 37.0 Å². The lowest BCUT2D eigenvalue weighted by Gasteiger charge is -2.20. The summed E-state index contributed by atoms with van der Waals surface area (Å²) in [4.78, 5) is 18.3. The van der Waals surface area contributed by atoms with Gasteiger partial charge >= 0.3 is 0 Å². The summed E-state index contributed by atoms with van der Waals surface area (Å²) in [6.45, 7) is 8.28. The number of aliphatic imine (C=N–C) groups is 1. The topological polar surface area (TPSA) is 66.0 Å². The first-order valence-electron chi connectivity index (χ1n) is 9.34. The summed E-state index contributed by atoms with van der Waals surface area (Å²) in [6, 6.07) is 6.55. The summed E-state index contributed by atoms with van der Waals surface area (Å²) in [5, 5.41) is 6.79. The summed E-state index contributed by atoms with van der Waals surface area (Å²) in [6.07, 6.45) is 1.84. The van der Waals surface area contributed by atoms with E-state index in [1.165, 1.54) is 5.56 Å². The van der Waals surface area contributed by atoms with Gasteiger partial charge in [0.15, 0.2) is 5.96 Å². The van der Waals surface area contributed by atoms with E-state index in [1.807, 2.05) is 25.7 Å². The third-order valence-corrected chi connectivity index (χ3v) is 4.74. The van der Waals surface area contributed by atoms with Gasteiger partial charge in [-0.15, -0.1) is 0 Å². The maximum Gasteiger partial charge on any atom is 0.225 e. The molecular weight excluding hydrogens is 328 g/mol. The predicted octanol–water partition coefficient (Wildman–Crippen LogP) is 1.97. The number of benzene rings is 1. The Labute approximate surface area is 157 Å². The molecule has 0 aromatic heterocycles. The van der Waals surface area contributed by atoms with Gasteiger partial charge in [0.2, 0.25) is 5.91 Å². The Kier molecular flexibility index (Phi) is 7.30. The number of nitrogens with zero attached hydrogens (tertiary/aromatic N) is 2. The maximum absolute atomic E-state index is 12.1. The average molecular weight is 361 g/mol. The largest absolute Gasteiger partial charge is 0.496 e. The molecule has 2 N–H and O–H groups in total. The lowest BCUT2D eigenvalue weighted by atomic mass is 10.1. The molecule has 0 radical (unpaired) electrons. The zero-order chi connectivity index (χ0) is 19.1. The summed E-state index contributed by atoms with van der Waals surface area (Å²) >= 11 is 0. The van der Waals surface area contributed by atoms with Crippen molar-refractivity contribution >= 4 is 11.9 Å². The molecule has 1 aliphatic heterocycles. The van der Waals surface area contributed by atoms with E-state index in [-0.39, 0.29) is 17.9 Å². The monoisotopic (exact) mass is 360 g/mol. The van der Waals surface area contributed by atoms with E-state index in [0.29, 0.717) is 0 Å². The van der Waals surface area contributed by atoms with Crippen LogP contribution in [0.25, 0.3) is 0 Å². The van der Waals surface area contributed by atoms with Gasteiger partial charge in [-0.3, -0.25) is 9.79 Å². The minimum atomic E-state index is 0.0534. The smallest absolute Gasteiger partial charge is 0.225 e. The van der Waals surface area contributed by atoms with Gasteiger partial charge in [0.25, 0.3) is 0 Å². The van der Waals surface area contributed by atoms with Crippen molar-refractivity contribution in [2.75, 3.05) is 33.8 Å². The van der Waals surface area contributed by atoms with Crippen molar-refractivity contribution in [2.45, 2.75) is 39.7 Å². The quantitative estimate of drug-likeness (QED) is 0.601. The first kappa shape index (κ1) is 20.1. The molecule has 144 valence electrons. The van der Waals surface area contributed by atoms with Crippen LogP contribution in [0.15, 0.2) is 23.2 Å². The van der Waals surface area contributed by atoms with E-state index in [0.717, 1.165) is 49.7 Å². The van der Waals surface area contributed by atoms with Crippen molar-refractivity contribution in [3.63, 3.8) is 0 Å². The molecule has 1 atom stereocenters. The fourth-order valence-corrected chi connectivity index (χ4v) is 3.18. The summed E-state index contributed by atoms with van der Waals surface area (Å²) in [7, 11) is 3.47. The van der Waals surface area contributed by atoms with E-state index in [1.54, 1.807) is 14.2 Å². The Morgan fingerprint density at radius 2 is 2.19 bits per heavy atom. The standard InChI is InChI=1S/C20H32N4O2/c1-14(2)19(25)24-11-9-17(13-24)23-20(21-4)22-10-8-16-7-6-15(3)18(12-16)26-5/h6-7,12,14,17H,8-11,13H2,1-5H3,(H2,21,22,23). The molecule has 0 bridgehead atoms. The van der Waals surface area contributed by atoms with Crippen LogP contribution in [-0.2, 0) is 11.2 Å². The molecule has 0 aliphatic carbocycles. The normalized spacial score (nSPS) is 17.5. The number of hydrogen-bond donors (Lipinski definition) is 2. The van der Waals surface area contributed by atoms with Crippen LogP contribution in [0.1, 0.15) is 31.4 Å². The van der Waals surface area contributed by atoms with E-state index in [2.05, 4.69) is 33.8 Å². The number of aryl methyl sites for hydroxylation is 1. The Morgan fingerprint density at radius 3 is 2.85 bits per heavy atom. The molecule has 0 saturated carbocycles. The third-order valence-electron chi connectivity index (χ3n) is 4.74. The van der Waals surface area contributed by atoms with Crippen molar-refractivity contribution in [2.24, 2.45) is 10.9 Å². The SMILES string of the molecule is CN=C(NCCc1ccc(C)c(OC)c1)NC1CCN(C(=O)C(C)C)C1. The number of hydrogen-bond acceptors (Lipinski definition) is 3. The molecule has 1 aromatic rings. The lowest BCUT2D eigenvalue weighted by molar-refractivity contribution is -0.133. The number of carbonyl (C=O) groups is 1. The fourth-order valence-electron chi connectivity index (χ4n) is 3.18. The van der Waals surface area contributed by atoms with Crippen LogP contribution < -0.4 is 15.4 Å². The van der Waals surface area contributed by atoms with Crippen molar-refractivity contribution < 1.29 is 9.53 Å². The molecule has 6 heteroatoms. The number of carbonyl (C=O) groups excluding carboxylic acids is 1. The second kappa shape index (κ2) is 9.46. The number of methoxy groups -OCH3 is 1. The summed E-state index contributed by atoms with van der Waals surface area (Å²) in [5.74, 6) is 1.99. The molecule has 1 aliphatic rings. The van der Waals surface area contributed by atoms with Gasteiger partial charge in [-0.2, -0.15) is 0 Å². The Morgan fingerprint density at radius 1 is 1.42 bits per heavy atom. The van der Waals surface area contributed by atoms with Gasteiger partial charge in [-0.25, -0.2) is 0 Å². The van der Waals surface area contributed by atoms with Crippen molar-refractivity contribution in [1.29, 1.82) is 0 Å². The fraction of sp³-hybridized carbons (Fsp3) is 0.600. The Hall–Kier alpha value is -2.24. The number of amides is 1. The van der Waals surface area contributed by atoms with Gasteiger partial charge in [0, 0.05) is 38.6 Å². The summed E-state index contributed by atoms with van der Waals surface area (Å²) in [5.41, 5.74) is 2.37. The zero-order valence-electron chi connectivity index (χ0n) is 16.6. The van der Waals surface area contributed by atoms with Crippen molar-refractivity contribution in [3.05, 3.63) is 29.3 Å². The van der Waals surface area contributed by atoms with E-state index in [9.17, 15) is 4.79 Å². The number of ether oxygens (including phenoxy) is 1. The molecule has 2 rings (SSSR count). The van der Waals surface area contributed by atoms with Crippen LogP contribution in [0.4, 0.5) is 0 Å². The van der Waals surface area contributed by atoms with Crippen molar-refractivity contribution in [1.82, 2.24) is 15.5 Å². The molecule has 1 heterocycles. The van der Waals surface area contributed by atoms with Crippen LogP contribution in [0.3, 0.4) is 0 Å². The van der Waals surface area contributed by atoms with Gasteiger partial charge in [0.1, 0.15) is 5.75 Å². The number of nitrogens with one attached hydrogen (secondary N) is 2. The average Bonchev–Trinajstić information content (AvgIpc) is 3.09. The highest BCUT2D eigenvalue weighted by molar-refractivity contribution is 5.81. The Balaban J connectivity index is 1.79. The highest BCUT2D eigenvalue weighted by Crippen LogP contribution is 2.19. The predicted molar refractivity (Wildman–Crippen MR) is 106 cm³/mol. The number of guanidine groups is 1. The molecule has 1 amide bonds. The van der Waals surface area contributed by atoms with Crippen molar-refractivity contribution in [3.8, 4) is 5.75 Å². The molecule has 26 heavy (non-hydrogen) atoms. The second-order valence-corrected chi connectivity index (χ2v) is 7.12. The van der Waals surface area contributed by atoms with Crippen LogP contribution in [0.5, 0.6) is 5.75 Å². The van der Waals surface area contributed by atoms with Crippen LogP contribution in [-0.4, -0.2) is 56.6 Å². The van der Waals surface area contributed by atoms with E-state index < -0.39 is 0 Å². The summed E-state index contributed by atoms with van der Waals surface area (Å²) < 4.78 is 5.38. The van der Waals surface area contributed by atoms with E-state index >= 15 is 0 Å². The zero-order valence-corrected chi connectivity index (χ0v) is 16.6. The minimum absolute atomic E-state index is 0.0534. The minimum Gasteiger partial charge on any atom is -0.496 e. The second-order valence-electron chi connectivity index (χ2n) is 7.12. The van der Waals surface area contributed by atoms with E-state index in [4.69, 9.17) is 4.74 Å². The molecule has 1 aromatic carbocycles. The Bertz CT molecular complexity index is 643. The molecule has 1 saturated heterocycles. The van der Waals surface area contributed by atoms with Crippen LogP contribution in [0.2, 0.25) is 0 Å². The van der Waals surface area contributed by atoms with Gasteiger partial charge in [-0.1, -0.05) is 26.0 Å². The lowest BCUT2D eigenvalue weighted by Crippen LogP contribution is -2.45. The highest BCUT2D eigenvalue weighted by Gasteiger charge is 2.27. The molecule has 1 unspecified atom stereocenters. The van der Waals surface area contributed by atoms with Gasteiger partial charge in [0.05, 0.1) is 7.11 Å². The van der Waals surface area contributed by atoms with Crippen LogP contribution >= 0.6 is 0 Å². The number of likely N-dealkylation sites (tertiary alicyclic amines) is 1. The first-order chi connectivity index (χ1) is 12.4. The number of rotatable bonds is 6.